The fraction of sp³-hybridized carbons (Fsp3) is 0.333. The van der Waals surface area contributed by atoms with E-state index in [1.807, 2.05) is 0 Å². The van der Waals surface area contributed by atoms with E-state index in [9.17, 15) is 0 Å². The van der Waals surface area contributed by atoms with Crippen LogP contribution in [0.2, 0.25) is 0 Å². The summed E-state index contributed by atoms with van der Waals surface area (Å²) >= 11 is 0. The van der Waals surface area contributed by atoms with Gasteiger partial charge < -0.3 is 4.90 Å². The Morgan fingerprint density at radius 1 is 0.875 bits per heavy atom. The monoisotopic (exact) mass is 525 g/mol. The van der Waals surface area contributed by atoms with Crippen LogP contribution in [0.25, 0.3) is 10.8 Å². The Labute approximate surface area is 241 Å². The molecule has 0 saturated heterocycles. The van der Waals surface area contributed by atoms with Gasteiger partial charge in [-0.25, -0.2) is 0 Å². The molecule has 0 N–H and O–H groups in total. The molecule has 0 radical (unpaired) electrons. The molecule has 0 spiro atoms. The van der Waals surface area contributed by atoms with Crippen molar-refractivity contribution in [2.75, 3.05) is 4.90 Å². The van der Waals surface area contributed by atoms with Gasteiger partial charge >= 0.3 is 0 Å². The maximum absolute atomic E-state index is 2.78. The molecule has 6 rings (SSSR count). The van der Waals surface area contributed by atoms with Gasteiger partial charge in [0.25, 0.3) is 0 Å². The van der Waals surface area contributed by atoms with E-state index >= 15 is 0 Å². The molecule has 5 atom stereocenters. The van der Waals surface area contributed by atoms with Crippen molar-refractivity contribution in [3.8, 4) is 0 Å². The van der Waals surface area contributed by atoms with Gasteiger partial charge in [-0.05, 0) is 72.6 Å². The SMILES string of the molecule is C/C=C\C=C\[C@H](CC)N1c2c(ccc3c(C4C=C[C@@H](C)CC4)cccc23)C(C2=CCCC=C2)C1c1ccccc1. The van der Waals surface area contributed by atoms with Crippen LogP contribution in [0.1, 0.15) is 87.4 Å². The minimum absolute atomic E-state index is 0.245. The van der Waals surface area contributed by atoms with Crippen LogP contribution < -0.4 is 4.90 Å². The van der Waals surface area contributed by atoms with Crippen LogP contribution in [0, 0.1) is 5.92 Å². The summed E-state index contributed by atoms with van der Waals surface area (Å²) in [4.78, 5) is 2.78. The first-order chi connectivity index (χ1) is 19.7. The summed E-state index contributed by atoms with van der Waals surface area (Å²) in [6.07, 6.45) is 26.9. The van der Waals surface area contributed by atoms with Crippen molar-refractivity contribution in [1.82, 2.24) is 0 Å². The zero-order valence-corrected chi connectivity index (χ0v) is 24.3. The van der Waals surface area contributed by atoms with Crippen LogP contribution >= 0.6 is 0 Å². The number of benzene rings is 3. The Kier molecular flexibility index (Phi) is 7.91. The highest BCUT2D eigenvalue weighted by Gasteiger charge is 2.44. The van der Waals surface area contributed by atoms with Crippen LogP contribution in [0.4, 0.5) is 5.69 Å². The quantitative estimate of drug-likeness (QED) is 0.219. The molecule has 0 amide bonds. The van der Waals surface area contributed by atoms with E-state index < -0.39 is 0 Å². The van der Waals surface area contributed by atoms with E-state index in [-0.39, 0.29) is 6.04 Å². The van der Waals surface area contributed by atoms with Gasteiger partial charge in [-0.1, -0.05) is 129 Å². The van der Waals surface area contributed by atoms with E-state index in [1.54, 1.807) is 0 Å². The molecule has 1 aliphatic heterocycles. The van der Waals surface area contributed by atoms with Crippen molar-refractivity contribution in [2.45, 2.75) is 76.8 Å². The molecule has 1 nitrogen and oxygen atoms in total. The maximum Gasteiger partial charge on any atom is 0.0658 e. The fourth-order valence-electron chi connectivity index (χ4n) is 7.26. The lowest BCUT2D eigenvalue weighted by Crippen LogP contribution is -2.36. The molecule has 40 heavy (non-hydrogen) atoms. The topological polar surface area (TPSA) is 3.24 Å². The molecule has 1 heterocycles. The van der Waals surface area contributed by atoms with Crippen LogP contribution in [0.5, 0.6) is 0 Å². The highest BCUT2D eigenvalue weighted by molar-refractivity contribution is 6.00. The van der Waals surface area contributed by atoms with Crippen LogP contribution in [-0.4, -0.2) is 6.04 Å². The van der Waals surface area contributed by atoms with Crippen molar-refractivity contribution in [2.24, 2.45) is 5.92 Å². The van der Waals surface area contributed by atoms with E-state index in [1.165, 1.54) is 51.6 Å². The van der Waals surface area contributed by atoms with Gasteiger partial charge in [0.2, 0.25) is 0 Å². The Balaban J connectivity index is 1.60. The normalized spacial score (nSPS) is 25.2. The van der Waals surface area contributed by atoms with Crippen molar-refractivity contribution in [3.63, 3.8) is 0 Å². The van der Waals surface area contributed by atoms with Gasteiger partial charge in [0.15, 0.2) is 0 Å². The molecule has 0 bridgehead atoms. The number of hydrogen-bond acceptors (Lipinski definition) is 1. The van der Waals surface area contributed by atoms with Crippen molar-refractivity contribution < 1.29 is 0 Å². The molecule has 0 saturated carbocycles. The van der Waals surface area contributed by atoms with Crippen molar-refractivity contribution >= 4 is 16.5 Å². The second kappa shape index (κ2) is 11.9. The minimum atomic E-state index is 0.245. The second-order valence-corrected chi connectivity index (χ2v) is 11.8. The zero-order valence-electron chi connectivity index (χ0n) is 24.3. The first-order valence-electron chi connectivity index (χ1n) is 15.4. The van der Waals surface area contributed by atoms with E-state index in [4.69, 9.17) is 0 Å². The van der Waals surface area contributed by atoms with E-state index in [2.05, 4.69) is 141 Å². The number of hydrogen-bond donors (Lipinski definition) is 0. The maximum atomic E-state index is 2.78. The van der Waals surface area contributed by atoms with Gasteiger partial charge in [-0.3, -0.25) is 0 Å². The summed E-state index contributed by atoms with van der Waals surface area (Å²) in [7, 11) is 0. The van der Waals surface area contributed by atoms with Crippen LogP contribution in [-0.2, 0) is 0 Å². The average Bonchev–Trinajstić information content (AvgIpc) is 3.36. The molecular formula is C39H43N. The number of fused-ring (bicyclic) bond motifs is 3. The largest absolute Gasteiger partial charge is 0.356 e. The number of allylic oxidation sites excluding steroid dienone is 8. The van der Waals surface area contributed by atoms with E-state index in [0.29, 0.717) is 23.8 Å². The third kappa shape index (κ3) is 4.92. The summed E-state index contributed by atoms with van der Waals surface area (Å²) < 4.78 is 0. The van der Waals surface area contributed by atoms with Crippen LogP contribution in [0.3, 0.4) is 0 Å². The summed E-state index contributed by atoms with van der Waals surface area (Å²) in [5.41, 5.74) is 7.26. The van der Waals surface area contributed by atoms with Gasteiger partial charge in [-0.15, -0.1) is 0 Å². The first-order valence-corrected chi connectivity index (χ1v) is 15.4. The van der Waals surface area contributed by atoms with Gasteiger partial charge in [-0.2, -0.15) is 0 Å². The highest BCUT2D eigenvalue weighted by Crippen LogP contribution is 2.57. The Bertz CT molecular complexity index is 1480. The summed E-state index contributed by atoms with van der Waals surface area (Å²) in [5, 5.41) is 2.83. The molecule has 3 aromatic rings. The van der Waals surface area contributed by atoms with Crippen molar-refractivity contribution in [1.29, 1.82) is 0 Å². The Hall–Kier alpha value is -3.58. The second-order valence-electron chi connectivity index (χ2n) is 11.8. The third-order valence-electron chi connectivity index (χ3n) is 9.25. The zero-order chi connectivity index (χ0) is 27.5. The predicted molar refractivity (Wildman–Crippen MR) is 173 cm³/mol. The molecule has 0 aromatic heterocycles. The fourth-order valence-corrected chi connectivity index (χ4v) is 7.26. The third-order valence-corrected chi connectivity index (χ3v) is 9.25. The lowest BCUT2D eigenvalue weighted by molar-refractivity contribution is 0.547. The lowest BCUT2D eigenvalue weighted by atomic mass is 9.80. The van der Waals surface area contributed by atoms with Gasteiger partial charge in [0.1, 0.15) is 0 Å². The highest BCUT2D eigenvalue weighted by atomic mass is 15.2. The van der Waals surface area contributed by atoms with Gasteiger partial charge in [0, 0.05) is 29.0 Å². The Morgan fingerprint density at radius 2 is 1.75 bits per heavy atom. The number of nitrogens with zero attached hydrogens (tertiary/aromatic N) is 1. The number of rotatable bonds is 7. The Morgan fingerprint density at radius 3 is 2.48 bits per heavy atom. The first kappa shape index (κ1) is 26.6. The molecule has 0 fully saturated rings. The van der Waals surface area contributed by atoms with Crippen LogP contribution in [0.15, 0.2) is 121 Å². The number of anilines is 1. The van der Waals surface area contributed by atoms with Crippen molar-refractivity contribution in [3.05, 3.63) is 138 Å². The molecular weight excluding hydrogens is 482 g/mol. The molecule has 3 aromatic carbocycles. The summed E-state index contributed by atoms with van der Waals surface area (Å²) in [6.45, 7) is 6.77. The standard InChI is InChI=1S/C39H43N/c1-4-6-9-19-32(5-2)40-38(31-17-12-8-13-18-31)37(30-15-10-7-11-16-30)36-27-26-34-33(20-14-21-35(34)39(36)40)29-24-22-28(3)23-25-29/h4,6,8-10,12-22,24,26-29,32,37-38H,5,7,11,23,25H2,1-3H3/b6-4-,19-9+/t28-,29?,32+,37?,38?/m1/s1. The van der Waals surface area contributed by atoms with E-state index in [0.717, 1.165) is 19.3 Å². The smallest absolute Gasteiger partial charge is 0.0658 e. The molecule has 2 aliphatic carbocycles. The average molecular weight is 526 g/mol. The predicted octanol–water partition coefficient (Wildman–Crippen LogP) is 10.7. The summed E-state index contributed by atoms with van der Waals surface area (Å²) in [6, 6.07) is 23.8. The summed E-state index contributed by atoms with van der Waals surface area (Å²) in [5.74, 6) is 1.49. The minimum Gasteiger partial charge on any atom is -0.356 e. The molecule has 3 unspecified atom stereocenters. The molecule has 204 valence electrons. The van der Waals surface area contributed by atoms with Gasteiger partial charge in [0.05, 0.1) is 6.04 Å². The molecule has 3 aliphatic rings. The molecule has 1 heteroatoms. The lowest BCUT2D eigenvalue weighted by Gasteiger charge is -2.37.